The summed E-state index contributed by atoms with van der Waals surface area (Å²) >= 11 is 0. The van der Waals surface area contributed by atoms with E-state index in [1.165, 1.54) is 0 Å². The Bertz CT molecular complexity index is 999. The van der Waals surface area contributed by atoms with Gasteiger partial charge in [0.2, 0.25) is 0 Å². The van der Waals surface area contributed by atoms with Gasteiger partial charge < -0.3 is 14.5 Å². The zero-order valence-electron chi connectivity index (χ0n) is 21.7. The van der Waals surface area contributed by atoms with E-state index in [-0.39, 0.29) is 12.8 Å². The molecule has 1 rings (SSSR count). The van der Waals surface area contributed by atoms with E-state index in [2.05, 4.69) is 42.3 Å². The van der Waals surface area contributed by atoms with Gasteiger partial charge in [-0.1, -0.05) is 36.0 Å². The molecular weight excluding hydrogens is 447 g/mol. The maximum Gasteiger partial charge on any atom is 0.188 e. The molecule has 1 aromatic heterocycles. The second kappa shape index (κ2) is 15.3. The number of rotatable bonds is 13. The van der Waals surface area contributed by atoms with Crippen LogP contribution in [0.3, 0.4) is 0 Å². The lowest BCUT2D eigenvalue weighted by Crippen LogP contribution is -2.29. The molecule has 0 saturated carbocycles. The maximum absolute atomic E-state index is 11.6. The molecule has 2 unspecified atom stereocenters. The molecule has 0 bridgehead atoms. The number of methoxy groups -OCH3 is 1. The van der Waals surface area contributed by atoms with E-state index >= 15 is 0 Å². The highest BCUT2D eigenvalue weighted by Gasteiger charge is 2.23. The van der Waals surface area contributed by atoms with Crippen LogP contribution < -0.4 is 0 Å². The number of nitrogens with one attached hydrogen (secondary N) is 1. The second-order valence-electron chi connectivity index (χ2n) is 8.19. The molecule has 0 spiro atoms. The quantitative estimate of drug-likeness (QED) is 0.101. The Labute approximate surface area is 206 Å². The number of carbonyl (C=O) groups excluding carboxylic acids is 1. The number of ether oxygens (including phenoxy) is 2. The van der Waals surface area contributed by atoms with Gasteiger partial charge in [-0.25, -0.2) is 0 Å². The van der Waals surface area contributed by atoms with Crippen molar-refractivity contribution >= 4 is 15.5 Å². The molecule has 0 aliphatic heterocycles. The topological polar surface area (TPSA) is 80.3 Å². The molecule has 0 aliphatic carbocycles. The number of aldehydes is 1. The number of aromatic nitrogens is 3. The molecule has 0 radical (unpaired) electrons. The average molecular weight is 487 g/mol. The van der Waals surface area contributed by atoms with Crippen LogP contribution in [0.5, 0.6) is 0 Å². The van der Waals surface area contributed by atoms with Crippen LogP contribution in [0.1, 0.15) is 52.3 Å². The number of H-pyrrole nitrogens is 1. The third-order valence-electron chi connectivity index (χ3n) is 5.16. The van der Waals surface area contributed by atoms with Crippen molar-refractivity contribution in [2.75, 3.05) is 27.5 Å². The van der Waals surface area contributed by atoms with E-state index < -0.39 is 0 Å². The minimum Gasteiger partial charge on any atom is -0.472 e. The molecular formula is C26H39N4O3P. The highest BCUT2D eigenvalue weighted by Crippen LogP contribution is 2.28. The summed E-state index contributed by atoms with van der Waals surface area (Å²) in [6.45, 7) is 12.5. The van der Waals surface area contributed by atoms with Crippen LogP contribution >= 0.6 is 9.24 Å². The first-order chi connectivity index (χ1) is 16.1. The number of aromatic amines is 1. The van der Waals surface area contributed by atoms with E-state index in [1.807, 2.05) is 72.0 Å². The molecule has 7 nitrogen and oxygen atoms in total. The summed E-state index contributed by atoms with van der Waals surface area (Å²) in [5.41, 5.74) is 3.85. The van der Waals surface area contributed by atoms with Gasteiger partial charge in [-0.2, -0.15) is 0 Å². The van der Waals surface area contributed by atoms with Crippen LogP contribution in [-0.2, 0) is 14.3 Å². The van der Waals surface area contributed by atoms with Gasteiger partial charge >= 0.3 is 0 Å². The lowest BCUT2D eigenvalue weighted by Gasteiger charge is -2.28. The number of allylic oxidation sites excluding steroid dienone is 9. The average Bonchev–Trinajstić information content (AvgIpc) is 3.23. The van der Waals surface area contributed by atoms with E-state index in [0.29, 0.717) is 12.1 Å². The Kier molecular flexibility index (Phi) is 13.3. The van der Waals surface area contributed by atoms with Crippen molar-refractivity contribution < 1.29 is 14.3 Å². The number of nitrogens with zero attached hydrogens (tertiary/aromatic N) is 3. The highest BCUT2D eigenvalue weighted by molar-refractivity contribution is 7.22. The molecule has 1 heterocycles. The fourth-order valence-corrected chi connectivity index (χ4v) is 3.49. The number of aryl methyl sites for hydroxylation is 1. The first kappa shape index (κ1) is 29.4. The predicted octanol–water partition coefficient (Wildman–Crippen LogP) is 5.35. The second-order valence-corrected chi connectivity index (χ2v) is 8.86. The lowest BCUT2D eigenvalue weighted by atomic mass is 10.0. The van der Waals surface area contributed by atoms with Crippen LogP contribution in [0.15, 0.2) is 69.8 Å². The molecule has 0 amide bonds. The van der Waals surface area contributed by atoms with Crippen LogP contribution in [-0.4, -0.2) is 53.9 Å². The predicted molar refractivity (Wildman–Crippen MR) is 142 cm³/mol. The summed E-state index contributed by atoms with van der Waals surface area (Å²) < 4.78 is 10.3. The number of carbonyl (C=O) groups is 1. The minimum absolute atomic E-state index is 0.161. The number of hydrogen-bond donors (Lipinski definition) is 1. The summed E-state index contributed by atoms with van der Waals surface area (Å²) in [6.07, 6.45) is 12.9. The first-order valence-electron chi connectivity index (χ1n) is 11.1. The third-order valence-corrected chi connectivity index (χ3v) is 5.52. The fraction of sp³-hybridized carbons (Fsp3) is 0.423. The van der Waals surface area contributed by atoms with Crippen molar-refractivity contribution in [2.45, 2.75) is 47.6 Å². The SMILES string of the molecule is C\C=C(C)/C=C\C(CN(C)C(/C(C)=C/C(P)=C\C=C(/C)OCOC)c1nnc(C)[nH]1)=C(/C)C=O. The minimum atomic E-state index is -0.161. The van der Waals surface area contributed by atoms with Crippen molar-refractivity contribution in [1.29, 1.82) is 0 Å². The van der Waals surface area contributed by atoms with Gasteiger partial charge in [0.25, 0.3) is 0 Å². The summed E-state index contributed by atoms with van der Waals surface area (Å²) in [4.78, 5) is 17.0. The van der Waals surface area contributed by atoms with Gasteiger partial charge in [0.15, 0.2) is 12.6 Å². The standard InChI is InChI=1S/C26H39N4O3P/c1-9-18(2)10-12-23(20(4)16-31)15-30(7)25(26-27-22(6)28-29-26)19(3)14-24(34)13-11-21(5)33-17-32-8/h9-14,16,25H,15,17,34H2,1-8H3,(H,27,28,29)/b12-10-,18-9-,19-14+,21-11+,23-20-,24-13+. The van der Waals surface area contributed by atoms with Gasteiger partial charge in [0, 0.05) is 13.7 Å². The Morgan fingerprint density at radius 3 is 2.44 bits per heavy atom. The van der Waals surface area contributed by atoms with Gasteiger partial charge in [-0.15, -0.1) is 19.4 Å². The molecule has 34 heavy (non-hydrogen) atoms. The summed E-state index contributed by atoms with van der Waals surface area (Å²) in [5, 5.41) is 9.51. The Balaban J connectivity index is 3.30. The van der Waals surface area contributed by atoms with E-state index in [9.17, 15) is 4.79 Å². The molecule has 1 aromatic rings. The maximum atomic E-state index is 11.6. The van der Waals surface area contributed by atoms with Crippen molar-refractivity contribution in [3.8, 4) is 0 Å². The van der Waals surface area contributed by atoms with E-state index in [4.69, 9.17) is 9.47 Å². The third kappa shape index (κ3) is 10.1. The Morgan fingerprint density at radius 1 is 1.18 bits per heavy atom. The van der Waals surface area contributed by atoms with E-state index in [1.54, 1.807) is 7.11 Å². The van der Waals surface area contributed by atoms with Crippen LogP contribution in [0.25, 0.3) is 0 Å². The van der Waals surface area contributed by atoms with Crippen molar-refractivity contribution in [2.24, 2.45) is 0 Å². The number of likely N-dealkylation sites (N-methyl/N-ethyl adjacent to an activating group) is 1. The van der Waals surface area contributed by atoms with Gasteiger partial charge in [0.05, 0.1) is 11.8 Å². The number of hydrogen-bond acceptors (Lipinski definition) is 6. The Morgan fingerprint density at radius 2 is 1.88 bits per heavy atom. The molecule has 186 valence electrons. The zero-order chi connectivity index (χ0) is 25.7. The molecule has 0 saturated heterocycles. The van der Waals surface area contributed by atoms with Crippen LogP contribution in [0.4, 0.5) is 0 Å². The summed E-state index contributed by atoms with van der Waals surface area (Å²) in [6, 6.07) is -0.161. The van der Waals surface area contributed by atoms with Gasteiger partial charge in [0.1, 0.15) is 12.1 Å². The largest absolute Gasteiger partial charge is 0.472 e. The molecule has 0 fully saturated rings. The molecule has 0 aliphatic rings. The first-order valence-corrected chi connectivity index (χ1v) is 11.7. The summed E-state index contributed by atoms with van der Waals surface area (Å²) in [7, 11) is 6.35. The monoisotopic (exact) mass is 486 g/mol. The van der Waals surface area contributed by atoms with Crippen molar-refractivity contribution in [3.63, 3.8) is 0 Å². The Hall–Kier alpha value is -2.60. The zero-order valence-corrected chi connectivity index (χ0v) is 22.8. The lowest BCUT2D eigenvalue weighted by molar-refractivity contribution is -0.104. The molecule has 0 aromatic carbocycles. The normalized spacial score (nSPS) is 15.7. The van der Waals surface area contributed by atoms with E-state index in [0.717, 1.165) is 45.7 Å². The van der Waals surface area contributed by atoms with Gasteiger partial charge in [-0.05, 0) is 76.7 Å². The van der Waals surface area contributed by atoms with Gasteiger partial charge in [-0.3, -0.25) is 9.69 Å². The highest BCUT2D eigenvalue weighted by atomic mass is 31.0. The molecule has 2 atom stereocenters. The van der Waals surface area contributed by atoms with Crippen LogP contribution in [0, 0.1) is 6.92 Å². The summed E-state index contributed by atoms with van der Waals surface area (Å²) in [5.74, 6) is 2.26. The molecule has 8 heteroatoms. The van der Waals surface area contributed by atoms with Crippen molar-refractivity contribution in [3.05, 3.63) is 81.5 Å². The smallest absolute Gasteiger partial charge is 0.188 e. The molecule has 1 N–H and O–H groups in total. The fourth-order valence-electron chi connectivity index (χ4n) is 3.14. The van der Waals surface area contributed by atoms with Crippen LogP contribution in [0.2, 0.25) is 0 Å². The van der Waals surface area contributed by atoms with Crippen molar-refractivity contribution in [1.82, 2.24) is 20.1 Å².